The molecular formula is C19H18FN3O. The van der Waals surface area contributed by atoms with E-state index in [0.717, 1.165) is 36.5 Å². The zero-order chi connectivity index (χ0) is 16.7. The van der Waals surface area contributed by atoms with Crippen molar-refractivity contribution < 1.29 is 9.18 Å². The molecule has 0 N–H and O–H groups in total. The summed E-state index contributed by atoms with van der Waals surface area (Å²) in [4.78, 5) is 19.1. The van der Waals surface area contributed by atoms with Gasteiger partial charge in [0.15, 0.2) is 5.78 Å². The first kappa shape index (κ1) is 15.0. The second-order valence-electron chi connectivity index (χ2n) is 6.40. The van der Waals surface area contributed by atoms with E-state index in [1.54, 1.807) is 12.1 Å². The number of aryl methyl sites for hydroxylation is 1. The van der Waals surface area contributed by atoms with E-state index >= 15 is 0 Å². The van der Waals surface area contributed by atoms with Gasteiger partial charge in [0.1, 0.15) is 11.5 Å². The summed E-state index contributed by atoms with van der Waals surface area (Å²) in [5.74, 6) is -0.221. The third-order valence-electron chi connectivity index (χ3n) is 4.65. The number of hydrogen-bond acceptors (Lipinski definition) is 3. The molecule has 0 amide bonds. The second kappa shape index (κ2) is 5.83. The van der Waals surface area contributed by atoms with Crippen molar-refractivity contribution in [3.8, 4) is 0 Å². The predicted molar refractivity (Wildman–Crippen MR) is 89.4 cm³/mol. The van der Waals surface area contributed by atoms with Crippen molar-refractivity contribution in [3.05, 3.63) is 71.4 Å². The number of pyridine rings is 1. The number of benzene rings is 1. The molecule has 0 bridgehead atoms. The third kappa shape index (κ3) is 2.61. The monoisotopic (exact) mass is 323 g/mol. The largest absolute Gasteiger partial charge is 0.303 e. The molecule has 3 heterocycles. The van der Waals surface area contributed by atoms with Crippen LogP contribution in [0.4, 0.5) is 4.39 Å². The highest BCUT2D eigenvalue weighted by Gasteiger charge is 2.33. The fourth-order valence-electron chi connectivity index (χ4n) is 3.26. The minimum Gasteiger partial charge on any atom is -0.303 e. The van der Waals surface area contributed by atoms with E-state index < -0.39 is 0 Å². The van der Waals surface area contributed by atoms with Crippen molar-refractivity contribution in [2.24, 2.45) is 5.92 Å². The summed E-state index contributed by atoms with van der Waals surface area (Å²) in [5, 5.41) is 0. The van der Waals surface area contributed by atoms with Crippen molar-refractivity contribution in [2.45, 2.75) is 13.5 Å². The van der Waals surface area contributed by atoms with Gasteiger partial charge in [0.05, 0.1) is 11.9 Å². The van der Waals surface area contributed by atoms with Gasteiger partial charge in [0, 0.05) is 37.3 Å². The Hall–Kier alpha value is -2.53. The molecule has 1 aliphatic heterocycles. The van der Waals surface area contributed by atoms with Crippen molar-refractivity contribution in [3.63, 3.8) is 0 Å². The van der Waals surface area contributed by atoms with Crippen LogP contribution >= 0.6 is 0 Å². The highest BCUT2D eigenvalue weighted by atomic mass is 19.1. The normalized spacial score (nSPS) is 15.6. The van der Waals surface area contributed by atoms with Crippen LogP contribution in [-0.2, 0) is 6.54 Å². The number of carbonyl (C=O) groups is 1. The van der Waals surface area contributed by atoms with Gasteiger partial charge in [-0.15, -0.1) is 0 Å². The molecule has 122 valence electrons. The van der Waals surface area contributed by atoms with Gasteiger partial charge in [-0.05, 0) is 42.8 Å². The number of fused-ring (bicyclic) bond motifs is 1. The molecule has 4 nitrogen and oxygen atoms in total. The molecule has 0 radical (unpaired) electrons. The fraction of sp³-hybridized carbons (Fsp3) is 0.263. The summed E-state index contributed by atoms with van der Waals surface area (Å²) >= 11 is 0. The Morgan fingerprint density at radius 1 is 1.25 bits per heavy atom. The molecule has 0 aliphatic carbocycles. The predicted octanol–water partition coefficient (Wildman–Crippen LogP) is 3.10. The smallest absolute Gasteiger partial charge is 0.168 e. The highest BCUT2D eigenvalue weighted by molar-refractivity contribution is 5.98. The molecule has 0 spiro atoms. The van der Waals surface area contributed by atoms with Crippen LogP contribution < -0.4 is 0 Å². The molecule has 5 heteroatoms. The molecule has 24 heavy (non-hydrogen) atoms. The zero-order valence-corrected chi connectivity index (χ0v) is 13.4. The van der Waals surface area contributed by atoms with E-state index in [4.69, 9.17) is 0 Å². The summed E-state index contributed by atoms with van der Waals surface area (Å²) in [6, 6.07) is 9.87. The van der Waals surface area contributed by atoms with Crippen molar-refractivity contribution in [1.82, 2.24) is 14.3 Å². The van der Waals surface area contributed by atoms with E-state index in [9.17, 15) is 9.18 Å². The Kier molecular flexibility index (Phi) is 3.65. The minimum absolute atomic E-state index is 0.00335. The topological polar surface area (TPSA) is 37.6 Å². The van der Waals surface area contributed by atoms with E-state index in [-0.39, 0.29) is 17.5 Å². The maximum absolute atomic E-state index is 12.9. The summed E-state index contributed by atoms with van der Waals surface area (Å²) in [6.07, 6.45) is 3.92. The van der Waals surface area contributed by atoms with E-state index in [1.807, 2.05) is 31.5 Å². The number of nitrogens with zero attached hydrogens (tertiary/aromatic N) is 3. The first-order chi connectivity index (χ1) is 11.6. The first-order valence-electron chi connectivity index (χ1n) is 8.05. The lowest BCUT2D eigenvalue weighted by molar-refractivity contribution is 0.0590. The summed E-state index contributed by atoms with van der Waals surface area (Å²) < 4.78 is 15.1. The molecule has 0 atom stereocenters. The number of likely N-dealkylation sites (tertiary alicyclic amines) is 1. The van der Waals surface area contributed by atoms with Crippen LogP contribution in [0.15, 0.2) is 48.8 Å². The number of hydrogen-bond donors (Lipinski definition) is 0. The molecule has 2 aromatic heterocycles. The van der Waals surface area contributed by atoms with E-state index in [2.05, 4.69) is 14.3 Å². The number of halogens is 1. The van der Waals surface area contributed by atoms with Gasteiger partial charge in [-0.3, -0.25) is 9.69 Å². The number of Topliss-reactive ketones (excluding diaryl/α,β-unsaturated/α-hetero) is 1. The third-order valence-corrected chi connectivity index (χ3v) is 4.65. The number of carbonyl (C=O) groups excluding carboxylic acids is 1. The van der Waals surface area contributed by atoms with Crippen LogP contribution in [-0.4, -0.2) is 33.2 Å². The lowest BCUT2D eigenvalue weighted by atomic mass is 9.90. The quantitative estimate of drug-likeness (QED) is 0.693. The van der Waals surface area contributed by atoms with E-state index in [0.29, 0.717) is 5.56 Å². The summed E-state index contributed by atoms with van der Waals surface area (Å²) in [7, 11) is 0. The van der Waals surface area contributed by atoms with Crippen LogP contribution in [0.25, 0.3) is 5.65 Å². The maximum Gasteiger partial charge on any atom is 0.168 e. The SMILES string of the molecule is Cc1cccn2c(CN3CC(C(=O)c4ccc(F)cc4)C3)cnc12. The Labute approximate surface area is 139 Å². The standard InChI is InChI=1S/C19H18FN3O/c1-13-3-2-8-23-17(9-21-19(13)23)12-22-10-15(11-22)18(24)14-4-6-16(20)7-5-14/h2-9,15H,10-12H2,1H3. The average molecular weight is 323 g/mol. The Balaban J connectivity index is 1.41. The van der Waals surface area contributed by atoms with Crippen LogP contribution in [0.5, 0.6) is 0 Å². The number of ketones is 1. The molecule has 0 saturated carbocycles. The molecule has 1 saturated heterocycles. The second-order valence-corrected chi connectivity index (χ2v) is 6.40. The lowest BCUT2D eigenvalue weighted by Crippen LogP contribution is -2.49. The Morgan fingerprint density at radius 3 is 2.75 bits per heavy atom. The summed E-state index contributed by atoms with van der Waals surface area (Å²) in [5.41, 5.74) is 3.84. The average Bonchev–Trinajstić information content (AvgIpc) is 2.95. The van der Waals surface area contributed by atoms with E-state index in [1.165, 1.54) is 12.1 Å². The summed E-state index contributed by atoms with van der Waals surface area (Å²) in [6.45, 7) is 4.29. The lowest BCUT2D eigenvalue weighted by Gasteiger charge is -2.38. The molecule has 3 aromatic rings. The molecule has 1 aliphatic rings. The number of aromatic nitrogens is 2. The van der Waals surface area contributed by atoms with Gasteiger partial charge in [-0.25, -0.2) is 9.37 Å². The highest BCUT2D eigenvalue weighted by Crippen LogP contribution is 2.23. The van der Waals surface area contributed by atoms with Crippen molar-refractivity contribution >= 4 is 11.4 Å². The Morgan fingerprint density at radius 2 is 2.00 bits per heavy atom. The van der Waals surface area contributed by atoms with Crippen LogP contribution in [0.1, 0.15) is 21.6 Å². The van der Waals surface area contributed by atoms with Crippen molar-refractivity contribution in [2.75, 3.05) is 13.1 Å². The van der Waals surface area contributed by atoms with Gasteiger partial charge < -0.3 is 4.40 Å². The van der Waals surface area contributed by atoms with Gasteiger partial charge in [-0.1, -0.05) is 6.07 Å². The number of rotatable bonds is 4. The molecule has 1 fully saturated rings. The molecule has 0 unspecified atom stereocenters. The maximum atomic E-state index is 12.9. The van der Waals surface area contributed by atoms with Crippen LogP contribution in [0.3, 0.4) is 0 Å². The molecule has 4 rings (SSSR count). The molecule has 1 aromatic carbocycles. The zero-order valence-electron chi connectivity index (χ0n) is 13.4. The van der Waals surface area contributed by atoms with Gasteiger partial charge in [-0.2, -0.15) is 0 Å². The fourth-order valence-corrected chi connectivity index (χ4v) is 3.26. The van der Waals surface area contributed by atoms with Gasteiger partial charge in [0.25, 0.3) is 0 Å². The van der Waals surface area contributed by atoms with Gasteiger partial charge in [0.2, 0.25) is 0 Å². The van der Waals surface area contributed by atoms with Crippen LogP contribution in [0.2, 0.25) is 0 Å². The van der Waals surface area contributed by atoms with Gasteiger partial charge >= 0.3 is 0 Å². The Bertz CT molecular complexity index is 895. The number of imidazole rings is 1. The molecular weight excluding hydrogens is 305 g/mol. The first-order valence-corrected chi connectivity index (χ1v) is 8.05. The van der Waals surface area contributed by atoms with Crippen molar-refractivity contribution in [1.29, 1.82) is 0 Å². The van der Waals surface area contributed by atoms with Crippen LogP contribution in [0, 0.1) is 18.7 Å². The minimum atomic E-state index is -0.315.